The number of para-hydroxylation sites is 1. The number of hydrogen-bond donors (Lipinski definition) is 1. The third-order valence-corrected chi connectivity index (χ3v) is 4.27. The first-order valence-corrected chi connectivity index (χ1v) is 7.86. The Labute approximate surface area is 127 Å². The summed E-state index contributed by atoms with van der Waals surface area (Å²) in [6.07, 6.45) is 1.16. The third-order valence-electron chi connectivity index (χ3n) is 4.27. The van der Waals surface area contributed by atoms with Crippen molar-refractivity contribution in [3.05, 3.63) is 65.2 Å². The molecule has 0 saturated carbocycles. The van der Waals surface area contributed by atoms with Crippen molar-refractivity contribution in [3.8, 4) is 0 Å². The number of fused-ring (bicyclic) bond motifs is 1. The highest BCUT2D eigenvalue weighted by Crippen LogP contribution is 2.28. The average Bonchev–Trinajstić information content (AvgIpc) is 2.97. The second-order valence-electron chi connectivity index (χ2n) is 6.11. The van der Waals surface area contributed by atoms with Gasteiger partial charge in [0, 0.05) is 31.4 Å². The molecule has 2 nitrogen and oxygen atoms in total. The van der Waals surface area contributed by atoms with Crippen molar-refractivity contribution < 1.29 is 0 Å². The molecule has 2 heteroatoms. The minimum absolute atomic E-state index is 0.530. The topological polar surface area (TPSA) is 15.3 Å². The molecule has 0 saturated heterocycles. The molecule has 0 bridgehead atoms. The Balaban J connectivity index is 1.78. The number of nitrogens with zero attached hydrogens (tertiary/aromatic N) is 1. The van der Waals surface area contributed by atoms with Crippen LogP contribution in [0.5, 0.6) is 0 Å². The summed E-state index contributed by atoms with van der Waals surface area (Å²) in [6, 6.07) is 18.0. The number of nitrogens with one attached hydrogen (secondary N) is 1. The van der Waals surface area contributed by atoms with Crippen LogP contribution in [-0.4, -0.2) is 17.5 Å². The minimum atomic E-state index is 0.530. The van der Waals surface area contributed by atoms with Crippen molar-refractivity contribution in [2.24, 2.45) is 0 Å². The minimum Gasteiger partial charge on any atom is -0.384 e. The zero-order chi connectivity index (χ0) is 14.7. The molecule has 2 aromatic rings. The van der Waals surface area contributed by atoms with Crippen LogP contribution < -0.4 is 5.32 Å². The zero-order valence-corrected chi connectivity index (χ0v) is 13.0. The quantitative estimate of drug-likeness (QED) is 0.888. The van der Waals surface area contributed by atoms with Gasteiger partial charge in [0.25, 0.3) is 0 Å². The molecule has 0 amide bonds. The number of rotatable bonds is 5. The maximum atomic E-state index is 3.55. The van der Waals surface area contributed by atoms with Gasteiger partial charge in [-0.2, -0.15) is 0 Å². The lowest BCUT2D eigenvalue weighted by Gasteiger charge is -2.27. The van der Waals surface area contributed by atoms with Gasteiger partial charge in [0.15, 0.2) is 0 Å². The van der Waals surface area contributed by atoms with Crippen LogP contribution in [0.15, 0.2) is 48.5 Å². The predicted octanol–water partition coefficient (Wildman–Crippen LogP) is 4.07. The van der Waals surface area contributed by atoms with Gasteiger partial charge in [-0.15, -0.1) is 0 Å². The van der Waals surface area contributed by atoms with Gasteiger partial charge in [0.1, 0.15) is 0 Å². The van der Waals surface area contributed by atoms with Crippen molar-refractivity contribution >= 4 is 5.69 Å². The van der Waals surface area contributed by atoms with Gasteiger partial charge in [0.2, 0.25) is 0 Å². The summed E-state index contributed by atoms with van der Waals surface area (Å²) in [5.41, 5.74) is 5.65. The van der Waals surface area contributed by atoms with E-state index in [-0.39, 0.29) is 0 Å². The fourth-order valence-electron chi connectivity index (χ4n) is 3.00. The van der Waals surface area contributed by atoms with E-state index in [1.54, 1.807) is 0 Å². The number of hydrogen-bond acceptors (Lipinski definition) is 2. The maximum Gasteiger partial charge on any atom is 0.0419 e. The van der Waals surface area contributed by atoms with E-state index in [0.717, 1.165) is 26.1 Å². The molecular weight excluding hydrogens is 256 g/mol. The molecule has 0 aromatic heterocycles. The molecular formula is C19H24N2. The smallest absolute Gasteiger partial charge is 0.0419 e. The molecule has 2 aromatic carbocycles. The molecule has 110 valence electrons. The van der Waals surface area contributed by atoms with E-state index in [9.17, 15) is 0 Å². The van der Waals surface area contributed by atoms with E-state index in [0.29, 0.717) is 6.04 Å². The fraction of sp³-hybridized carbons (Fsp3) is 0.368. The van der Waals surface area contributed by atoms with Gasteiger partial charge < -0.3 is 5.32 Å². The van der Waals surface area contributed by atoms with Gasteiger partial charge in [-0.3, -0.25) is 4.90 Å². The first-order chi connectivity index (χ1) is 10.2. The van der Waals surface area contributed by atoms with Gasteiger partial charge in [0.05, 0.1) is 0 Å². The summed E-state index contributed by atoms with van der Waals surface area (Å²) in [5.74, 6) is 0. The van der Waals surface area contributed by atoms with Crippen LogP contribution >= 0.6 is 0 Å². The maximum absolute atomic E-state index is 3.55. The molecule has 1 heterocycles. The van der Waals surface area contributed by atoms with E-state index in [4.69, 9.17) is 0 Å². The molecule has 1 N–H and O–H groups in total. The summed E-state index contributed by atoms with van der Waals surface area (Å²) < 4.78 is 0. The van der Waals surface area contributed by atoms with E-state index < -0.39 is 0 Å². The Morgan fingerprint density at radius 2 is 1.81 bits per heavy atom. The van der Waals surface area contributed by atoms with Crippen LogP contribution in [0.25, 0.3) is 0 Å². The van der Waals surface area contributed by atoms with Gasteiger partial charge in [-0.1, -0.05) is 48.5 Å². The molecule has 0 atom stereocenters. The van der Waals surface area contributed by atoms with Crippen LogP contribution in [0.3, 0.4) is 0 Å². The summed E-state index contributed by atoms with van der Waals surface area (Å²) >= 11 is 0. The molecule has 3 rings (SSSR count). The standard InChI is InChI=1S/C19H24N2/c1-15(2)21(13-16-7-4-3-5-8-16)14-18-10-6-9-17-11-12-20-19(17)18/h3-10,15,20H,11-14H2,1-2H3. The summed E-state index contributed by atoms with van der Waals surface area (Å²) in [5, 5.41) is 3.55. The molecule has 0 spiro atoms. The summed E-state index contributed by atoms with van der Waals surface area (Å²) in [7, 11) is 0. The lowest BCUT2D eigenvalue weighted by Crippen LogP contribution is -2.30. The monoisotopic (exact) mass is 280 g/mol. The second kappa shape index (κ2) is 6.31. The van der Waals surface area contributed by atoms with Crippen LogP contribution in [0.1, 0.15) is 30.5 Å². The second-order valence-corrected chi connectivity index (χ2v) is 6.11. The Morgan fingerprint density at radius 1 is 1.00 bits per heavy atom. The number of benzene rings is 2. The third kappa shape index (κ3) is 3.27. The summed E-state index contributed by atoms with van der Waals surface area (Å²) in [6.45, 7) is 7.64. The molecule has 0 fully saturated rings. The molecule has 0 radical (unpaired) electrons. The Hall–Kier alpha value is -1.80. The van der Waals surface area contributed by atoms with Gasteiger partial charge in [-0.05, 0) is 37.0 Å². The Kier molecular flexibility index (Phi) is 4.26. The van der Waals surface area contributed by atoms with Crippen molar-refractivity contribution in [1.82, 2.24) is 4.90 Å². The lowest BCUT2D eigenvalue weighted by atomic mass is 10.1. The zero-order valence-electron chi connectivity index (χ0n) is 13.0. The van der Waals surface area contributed by atoms with E-state index in [1.165, 1.54) is 22.4 Å². The van der Waals surface area contributed by atoms with Crippen molar-refractivity contribution in [1.29, 1.82) is 0 Å². The molecule has 0 aliphatic carbocycles. The largest absolute Gasteiger partial charge is 0.384 e. The van der Waals surface area contributed by atoms with E-state index in [1.807, 2.05) is 0 Å². The van der Waals surface area contributed by atoms with Crippen LogP contribution in [-0.2, 0) is 19.5 Å². The Morgan fingerprint density at radius 3 is 2.57 bits per heavy atom. The highest BCUT2D eigenvalue weighted by atomic mass is 15.1. The van der Waals surface area contributed by atoms with Crippen molar-refractivity contribution in [3.63, 3.8) is 0 Å². The SMILES string of the molecule is CC(C)N(Cc1ccccc1)Cc1cccc2c1NCC2. The predicted molar refractivity (Wildman–Crippen MR) is 89.5 cm³/mol. The highest BCUT2D eigenvalue weighted by Gasteiger charge is 2.17. The number of anilines is 1. The molecule has 1 aliphatic heterocycles. The fourth-order valence-corrected chi connectivity index (χ4v) is 3.00. The van der Waals surface area contributed by atoms with Crippen LogP contribution in [0, 0.1) is 0 Å². The van der Waals surface area contributed by atoms with Crippen LogP contribution in [0.2, 0.25) is 0 Å². The van der Waals surface area contributed by atoms with Gasteiger partial charge >= 0.3 is 0 Å². The average molecular weight is 280 g/mol. The first-order valence-electron chi connectivity index (χ1n) is 7.86. The molecule has 1 aliphatic rings. The van der Waals surface area contributed by atoms with Crippen molar-refractivity contribution in [2.45, 2.75) is 39.4 Å². The summed E-state index contributed by atoms with van der Waals surface area (Å²) in [4.78, 5) is 2.53. The first kappa shape index (κ1) is 14.2. The molecule has 0 unspecified atom stereocenters. The molecule has 21 heavy (non-hydrogen) atoms. The normalized spacial score (nSPS) is 13.5. The Bertz CT molecular complexity index is 590. The lowest BCUT2D eigenvalue weighted by molar-refractivity contribution is 0.204. The van der Waals surface area contributed by atoms with Crippen LogP contribution in [0.4, 0.5) is 5.69 Å². The highest BCUT2D eigenvalue weighted by molar-refractivity contribution is 5.61. The van der Waals surface area contributed by atoms with E-state index in [2.05, 4.69) is 72.6 Å². The van der Waals surface area contributed by atoms with Gasteiger partial charge in [-0.25, -0.2) is 0 Å². The van der Waals surface area contributed by atoms with Crippen molar-refractivity contribution in [2.75, 3.05) is 11.9 Å². The van der Waals surface area contributed by atoms with E-state index >= 15 is 0 Å².